The first-order chi connectivity index (χ1) is 14.8. The summed E-state index contributed by atoms with van der Waals surface area (Å²) in [6.07, 6.45) is 14.9. The van der Waals surface area contributed by atoms with Gasteiger partial charge in [-0.05, 0) is 51.2 Å². The maximum absolute atomic E-state index is 4.17. The molecule has 0 radical (unpaired) electrons. The number of aromatic amines is 2. The molecule has 0 aliphatic heterocycles. The molecular weight excluding hydrogens is 376 g/mol. The van der Waals surface area contributed by atoms with E-state index in [4.69, 9.17) is 0 Å². The second kappa shape index (κ2) is 12.6. The number of aromatic nitrogens is 8. The Hall–Kier alpha value is -2.90. The van der Waals surface area contributed by atoms with Crippen LogP contribution in [0.15, 0.2) is 30.8 Å². The molecule has 0 bridgehead atoms. The Morgan fingerprint density at radius 3 is 2.10 bits per heavy atom. The molecule has 2 aromatic heterocycles. The number of tetrazole rings is 2. The molecule has 2 heterocycles. The second-order valence-electron chi connectivity index (χ2n) is 7.85. The lowest BCUT2D eigenvalue weighted by atomic mass is 9.92. The SMILES string of the molecule is C=Cc1ccc(CC(CCCCCCCCCCc2nnn[nH]2)c2nnn[nH]2)cc1. The highest BCUT2D eigenvalue weighted by atomic mass is 15.5. The van der Waals surface area contributed by atoms with Crippen molar-refractivity contribution in [3.8, 4) is 0 Å². The van der Waals surface area contributed by atoms with Gasteiger partial charge in [-0.3, -0.25) is 0 Å². The first kappa shape index (κ1) is 21.8. The summed E-state index contributed by atoms with van der Waals surface area (Å²) < 4.78 is 0. The van der Waals surface area contributed by atoms with E-state index in [1.54, 1.807) is 0 Å². The van der Waals surface area contributed by atoms with Crippen molar-refractivity contribution in [3.63, 3.8) is 0 Å². The van der Waals surface area contributed by atoms with Crippen LogP contribution in [0.1, 0.15) is 86.5 Å². The first-order valence-corrected chi connectivity index (χ1v) is 11.0. The topological polar surface area (TPSA) is 109 Å². The molecule has 1 unspecified atom stereocenters. The van der Waals surface area contributed by atoms with E-state index in [2.05, 4.69) is 72.1 Å². The van der Waals surface area contributed by atoms with Crippen molar-refractivity contribution in [2.24, 2.45) is 0 Å². The summed E-state index contributed by atoms with van der Waals surface area (Å²) in [6.45, 7) is 3.82. The maximum Gasteiger partial charge on any atom is 0.151 e. The van der Waals surface area contributed by atoms with Crippen molar-refractivity contribution in [2.45, 2.75) is 76.5 Å². The van der Waals surface area contributed by atoms with Gasteiger partial charge in [-0.25, -0.2) is 10.2 Å². The third-order valence-corrected chi connectivity index (χ3v) is 5.55. The van der Waals surface area contributed by atoms with E-state index in [-0.39, 0.29) is 0 Å². The molecule has 0 saturated carbocycles. The van der Waals surface area contributed by atoms with Gasteiger partial charge in [0.05, 0.1) is 0 Å². The van der Waals surface area contributed by atoms with Gasteiger partial charge in [0, 0.05) is 12.3 Å². The molecule has 0 amide bonds. The lowest BCUT2D eigenvalue weighted by Gasteiger charge is -2.14. The van der Waals surface area contributed by atoms with Gasteiger partial charge in [-0.1, -0.05) is 81.9 Å². The summed E-state index contributed by atoms with van der Waals surface area (Å²) in [5.41, 5.74) is 2.45. The maximum atomic E-state index is 4.17. The van der Waals surface area contributed by atoms with E-state index in [1.807, 2.05) is 6.08 Å². The summed E-state index contributed by atoms with van der Waals surface area (Å²) in [5.74, 6) is 2.12. The smallest absolute Gasteiger partial charge is 0.151 e. The molecule has 3 rings (SSSR count). The third-order valence-electron chi connectivity index (χ3n) is 5.55. The highest BCUT2D eigenvalue weighted by Gasteiger charge is 2.16. The van der Waals surface area contributed by atoms with Crippen LogP contribution < -0.4 is 0 Å². The Morgan fingerprint density at radius 1 is 0.800 bits per heavy atom. The van der Waals surface area contributed by atoms with Crippen molar-refractivity contribution in [1.29, 1.82) is 0 Å². The van der Waals surface area contributed by atoms with Crippen LogP contribution in [0.3, 0.4) is 0 Å². The van der Waals surface area contributed by atoms with Gasteiger partial charge in [0.15, 0.2) is 5.82 Å². The number of rotatable bonds is 15. The van der Waals surface area contributed by atoms with E-state index in [1.165, 1.54) is 50.5 Å². The normalized spacial score (nSPS) is 12.1. The van der Waals surface area contributed by atoms with Crippen molar-refractivity contribution in [2.75, 3.05) is 0 Å². The Balaban J connectivity index is 1.29. The van der Waals surface area contributed by atoms with Crippen molar-refractivity contribution < 1.29 is 0 Å². The standard InChI is InChI=1S/C22H32N8/c1-2-18-13-15-19(16-14-18)17-20(22-25-29-30-26-22)11-9-7-5-3-4-6-8-10-12-21-23-27-28-24-21/h2,13-16,20H,1,3-12,17H2,(H,23,24,27,28)(H,25,26,29,30). The van der Waals surface area contributed by atoms with Gasteiger partial charge < -0.3 is 0 Å². The van der Waals surface area contributed by atoms with Gasteiger partial charge >= 0.3 is 0 Å². The summed E-state index contributed by atoms with van der Waals surface area (Å²) in [7, 11) is 0. The molecule has 160 valence electrons. The van der Waals surface area contributed by atoms with Crippen molar-refractivity contribution in [3.05, 3.63) is 53.6 Å². The number of unbranched alkanes of at least 4 members (excludes halogenated alkanes) is 7. The van der Waals surface area contributed by atoms with Gasteiger partial charge in [-0.2, -0.15) is 0 Å². The van der Waals surface area contributed by atoms with Crippen LogP contribution in [0.4, 0.5) is 0 Å². The molecule has 0 fully saturated rings. The molecule has 3 aromatic rings. The molecule has 0 spiro atoms. The molecule has 1 aromatic carbocycles. The number of nitrogens with one attached hydrogen (secondary N) is 2. The zero-order valence-corrected chi connectivity index (χ0v) is 17.6. The summed E-state index contributed by atoms with van der Waals surface area (Å²) in [5, 5.41) is 28.6. The van der Waals surface area contributed by atoms with Gasteiger partial charge in [0.25, 0.3) is 0 Å². The predicted octanol–water partition coefficient (Wildman–Crippen LogP) is 4.44. The van der Waals surface area contributed by atoms with E-state index in [9.17, 15) is 0 Å². The van der Waals surface area contributed by atoms with Crippen LogP contribution in [0, 0.1) is 0 Å². The number of aryl methyl sites for hydroxylation is 1. The molecule has 0 saturated heterocycles. The fourth-order valence-electron chi connectivity index (χ4n) is 3.78. The third kappa shape index (κ3) is 7.50. The fourth-order valence-corrected chi connectivity index (χ4v) is 3.78. The average Bonchev–Trinajstić information content (AvgIpc) is 3.49. The predicted molar refractivity (Wildman–Crippen MR) is 117 cm³/mol. The van der Waals surface area contributed by atoms with Crippen LogP contribution in [0.25, 0.3) is 6.08 Å². The number of nitrogens with zero attached hydrogens (tertiary/aromatic N) is 6. The van der Waals surface area contributed by atoms with E-state index in [0.29, 0.717) is 5.92 Å². The summed E-state index contributed by atoms with van der Waals surface area (Å²) in [6, 6.07) is 8.57. The molecular formula is C22H32N8. The van der Waals surface area contributed by atoms with Crippen molar-refractivity contribution in [1.82, 2.24) is 41.2 Å². The van der Waals surface area contributed by atoms with Crippen LogP contribution in [-0.2, 0) is 12.8 Å². The highest BCUT2D eigenvalue weighted by molar-refractivity contribution is 5.47. The van der Waals surface area contributed by atoms with E-state index in [0.717, 1.165) is 42.9 Å². The second-order valence-corrected chi connectivity index (χ2v) is 7.85. The van der Waals surface area contributed by atoms with E-state index >= 15 is 0 Å². The zero-order chi connectivity index (χ0) is 20.9. The first-order valence-electron chi connectivity index (χ1n) is 11.0. The number of benzene rings is 1. The lowest BCUT2D eigenvalue weighted by Crippen LogP contribution is -2.06. The molecule has 2 N–H and O–H groups in total. The lowest BCUT2D eigenvalue weighted by molar-refractivity contribution is 0.513. The molecule has 8 nitrogen and oxygen atoms in total. The monoisotopic (exact) mass is 408 g/mol. The number of hydrogen-bond donors (Lipinski definition) is 2. The average molecular weight is 409 g/mol. The minimum atomic E-state index is 0.333. The Labute approximate surface area is 178 Å². The van der Waals surface area contributed by atoms with Crippen LogP contribution >= 0.6 is 0 Å². The molecule has 1 atom stereocenters. The minimum absolute atomic E-state index is 0.333. The minimum Gasteiger partial charge on any atom is -0.243 e. The summed E-state index contributed by atoms with van der Waals surface area (Å²) in [4.78, 5) is 0. The number of hydrogen-bond acceptors (Lipinski definition) is 6. The fraction of sp³-hybridized carbons (Fsp3) is 0.545. The molecule has 8 heteroatoms. The molecule has 0 aliphatic carbocycles. The quantitative estimate of drug-likeness (QED) is 0.360. The van der Waals surface area contributed by atoms with Crippen molar-refractivity contribution >= 4 is 6.08 Å². The summed E-state index contributed by atoms with van der Waals surface area (Å²) >= 11 is 0. The molecule has 30 heavy (non-hydrogen) atoms. The number of H-pyrrole nitrogens is 2. The van der Waals surface area contributed by atoms with Gasteiger partial charge in [-0.15, -0.1) is 10.2 Å². The largest absolute Gasteiger partial charge is 0.243 e. The van der Waals surface area contributed by atoms with E-state index < -0.39 is 0 Å². The van der Waals surface area contributed by atoms with Crippen LogP contribution in [0.2, 0.25) is 0 Å². The van der Waals surface area contributed by atoms with Gasteiger partial charge in [0.2, 0.25) is 0 Å². The Kier molecular flexibility index (Phi) is 9.17. The highest BCUT2D eigenvalue weighted by Crippen LogP contribution is 2.24. The molecule has 0 aliphatic rings. The zero-order valence-electron chi connectivity index (χ0n) is 17.6. The Bertz CT molecular complexity index is 811. The van der Waals surface area contributed by atoms with Crippen LogP contribution in [-0.4, -0.2) is 41.2 Å². The van der Waals surface area contributed by atoms with Crippen LogP contribution in [0.5, 0.6) is 0 Å². The Morgan fingerprint density at radius 2 is 1.47 bits per heavy atom. The van der Waals surface area contributed by atoms with Gasteiger partial charge in [0.1, 0.15) is 5.82 Å².